The highest BCUT2D eigenvalue weighted by molar-refractivity contribution is 6.07. The van der Waals surface area contributed by atoms with Crippen molar-refractivity contribution in [3.05, 3.63) is 0 Å². The first-order valence-electron chi connectivity index (χ1n) is 8.00. The molecule has 3 amide bonds. The topological polar surface area (TPSA) is 52.7 Å². The Hall–Kier alpha value is -1.10. The van der Waals surface area contributed by atoms with Crippen LogP contribution in [0.2, 0.25) is 0 Å². The molecule has 1 saturated carbocycles. The molecule has 3 fully saturated rings. The Morgan fingerprint density at radius 1 is 1.15 bits per heavy atom. The number of nitrogens with one attached hydrogen (secondary N) is 1. The van der Waals surface area contributed by atoms with Gasteiger partial charge in [-0.05, 0) is 44.7 Å². The Balaban J connectivity index is 1.72. The highest BCUT2D eigenvalue weighted by atomic mass is 16.2. The number of urea groups is 1. The van der Waals surface area contributed by atoms with Crippen LogP contribution in [-0.2, 0) is 4.79 Å². The standard InChI is InChI=1S/C15H25N3O2/c1-12-7-3-4-8-15(12)13(19)18(14(20)16-15)11-17-9-5-2-6-10-17/h12H,2-11H2,1H3,(H,16,20)/t12-,15-/m0/s1. The average molecular weight is 279 g/mol. The second-order valence-corrected chi connectivity index (χ2v) is 6.60. The number of amides is 3. The molecular formula is C15H25N3O2. The lowest BCUT2D eigenvalue weighted by atomic mass is 9.73. The van der Waals surface area contributed by atoms with Crippen molar-refractivity contribution in [3.8, 4) is 0 Å². The van der Waals surface area contributed by atoms with E-state index >= 15 is 0 Å². The number of carbonyl (C=O) groups is 2. The van der Waals surface area contributed by atoms with Crippen LogP contribution in [0.1, 0.15) is 51.9 Å². The SMILES string of the molecule is C[C@H]1CCCC[C@]12NC(=O)N(CN1CCCCC1)C2=O. The minimum absolute atomic E-state index is 0.0141. The monoisotopic (exact) mass is 279 g/mol. The molecule has 2 saturated heterocycles. The van der Waals surface area contributed by atoms with Crippen LogP contribution in [0, 0.1) is 5.92 Å². The van der Waals surface area contributed by atoms with E-state index < -0.39 is 5.54 Å². The van der Waals surface area contributed by atoms with E-state index in [4.69, 9.17) is 0 Å². The second kappa shape index (κ2) is 5.35. The fraction of sp³-hybridized carbons (Fsp3) is 0.867. The molecule has 1 spiro atoms. The maximum absolute atomic E-state index is 12.8. The van der Waals surface area contributed by atoms with Crippen LogP contribution in [0.4, 0.5) is 4.79 Å². The van der Waals surface area contributed by atoms with Gasteiger partial charge in [-0.15, -0.1) is 0 Å². The zero-order chi connectivity index (χ0) is 14.2. The second-order valence-electron chi connectivity index (χ2n) is 6.60. The van der Waals surface area contributed by atoms with Crippen LogP contribution in [0.5, 0.6) is 0 Å². The average Bonchev–Trinajstić information content (AvgIpc) is 2.69. The number of imide groups is 1. The number of hydrogen-bond acceptors (Lipinski definition) is 3. The highest BCUT2D eigenvalue weighted by Gasteiger charge is 2.54. The van der Waals surface area contributed by atoms with Crippen molar-refractivity contribution < 1.29 is 9.59 Å². The molecule has 0 radical (unpaired) electrons. The number of carbonyl (C=O) groups excluding carboxylic acids is 2. The summed E-state index contributed by atoms with van der Waals surface area (Å²) in [5.41, 5.74) is -0.606. The lowest BCUT2D eigenvalue weighted by Gasteiger charge is -2.37. The van der Waals surface area contributed by atoms with Crippen LogP contribution >= 0.6 is 0 Å². The largest absolute Gasteiger partial charge is 0.326 e. The maximum atomic E-state index is 12.8. The van der Waals surface area contributed by atoms with E-state index in [1.165, 1.54) is 24.2 Å². The van der Waals surface area contributed by atoms with Crippen molar-refractivity contribution in [3.63, 3.8) is 0 Å². The fourth-order valence-corrected chi connectivity index (χ4v) is 3.92. The lowest BCUT2D eigenvalue weighted by Crippen LogP contribution is -2.54. The summed E-state index contributed by atoms with van der Waals surface area (Å²) in [5.74, 6) is 0.263. The van der Waals surface area contributed by atoms with E-state index in [0.717, 1.165) is 38.8 Å². The van der Waals surface area contributed by atoms with Gasteiger partial charge in [-0.2, -0.15) is 0 Å². The number of nitrogens with zero attached hydrogens (tertiary/aromatic N) is 2. The van der Waals surface area contributed by atoms with Crippen molar-refractivity contribution >= 4 is 11.9 Å². The summed E-state index contributed by atoms with van der Waals surface area (Å²) in [7, 11) is 0. The summed E-state index contributed by atoms with van der Waals surface area (Å²) in [6.45, 7) is 4.57. The zero-order valence-corrected chi connectivity index (χ0v) is 12.4. The van der Waals surface area contributed by atoms with Crippen LogP contribution in [0.3, 0.4) is 0 Å². The van der Waals surface area contributed by atoms with Gasteiger partial charge in [0.25, 0.3) is 5.91 Å². The molecular weight excluding hydrogens is 254 g/mol. The molecule has 0 aromatic heterocycles. The van der Waals surface area contributed by atoms with Gasteiger partial charge in [0, 0.05) is 0 Å². The van der Waals surface area contributed by atoms with Gasteiger partial charge in [0.2, 0.25) is 0 Å². The Labute approximate surface area is 120 Å². The molecule has 0 aromatic carbocycles. The normalized spacial score (nSPS) is 35.6. The van der Waals surface area contributed by atoms with Crippen molar-refractivity contribution in [1.29, 1.82) is 0 Å². The predicted molar refractivity (Wildman–Crippen MR) is 76.0 cm³/mol. The summed E-state index contributed by atoms with van der Waals surface area (Å²) >= 11 is 0. The quantitative estimate of drug-likeness (QED) is 0.786. The Morgan fingerprint density at radius 2 is 1.90 bits per heavy atom. The molecule has 2 heterocycles. The van der Waals surface area contributed by atoms with Crippen LogP contribution in [0.25, 0.3) is 0 Å². The summed E-state index contributed by atoms with van der Waals surface area (Å²) in [4.78, 5) is 28.7. The molecule has 2 atom stereocenters. The molecule has 112 valence electrons. The first-order chi connectivity index (χ1) is 9.63. The van der Waals surface area contributed by atoms with E-state index in [2.05, 4.69) is 17.1 Å². The van der Waals surface area contributed by atoms with Gasteiger partial charge in [0.1, 0.15) is 5.54 Å². The van der Waals surface area contributed by atoms with Crippen molar-refractivity contribution in [2.45, 2.75) is 57.4 Å². The number of rotatable bonds is 2. The first kappa shape index (κ1) is 13.9. The van der Waals surface area contributed by atoms with Crippen molar-refractivity contribution in [2.75, 3.05) is 19.8 Å². The molecule has 1 aliphatic carbocycles. The number of hydrogen-bond donors (Lipinski definition) is 1. The summed E-state index contributed by atoms with van der Waals surface area (Å²) < 4.78 is 0. The molecule has 5 heteroatoms. The van der Waals surface area contributed by atoms with Crippen molar-refractivity contribution in [2.24, 2.45) is 5.92 Å². The van der Waals surface area contributed by atoms with E-state index in [-0.39, 0.29) is 17.9 Å². The van der Waals surface area contributed by atoms with Gasteiger partial charge in [-0.1, -0.05) is 26.2 Å². The molecule has 3 rings (SSSR count). The number of likely N-dealkylation sites (tertiary alicyclic amines) is 1. The van der Waals surface area contributed by atoms with Crippen LogP contribution in [0.15, 0.2) is 0 Å². The Kier molecular flexibility index (Phi) is 3.71. The van der Waals surface area contributed by atoms with Gasteiger partial charge < -0.3 is 5.32 Å². The smallest absolute Gasteiger partial charge is 0.323 e. The molecule has 0 unspecified atom stereocenters. The van der Waals surface area contributed by atoms with Gasteiger partial charge in [-0.25, -0.2) is 9.69 Å². The van der Waals surface area contributed by atoms with E-state index in [1.54, 1.807) is 0 Å². The summed E-state index contributed by atoms with van der Waals surface area (Å²) in [6.07, 6.45) is 7.64. The Bertz CT molecular complexity index is 406. The van der Waals surface area contributed by atoms with Gasteiger partial charge >= 0.3 is 6.03 Å². The predicted octanol–water partition coefficient (Wildman–Crippen LogP) is 1.93. The minimum atomic E-state index is -0.606. The number of piperidine rings is 1. The zero-order valence-electron chi connectivity index (χ0n) is 12.4. The van der Waals surface area contributed by atoms with E-state index in [0.29, 0.717) is 6.67 Å². The third-order valence-electron chi connectivity index (χ3n) is 5.29. The third kappa shape index (κ3) is 2.22. The van der Waals surface area contributed by atoms with Gasteiger partial charge in [0.05, 0.1) is 6.67 Å². The molecule has 5 nitrogen and oxygen atoms in total. The maximum Gasteiger partial charge on any atom is 0.326 e. The highest BCUT2D eigenvalue weighted by Crippen LogP contribution is 2.38. The lowest BCUT2D eigenvalue weighted by molar-refractivity contribution is -0.135. The molecule has 2 aliphatic heterocycles. The van der Waals surface area contributed by atoms with Crippen LogP contribution < -0.4 is 5.32 Å². The molecule has 20 heavy (non-hydrogen) atoms. The molecule has 0 aromatic rings. The van der Waals surface area contributed by atoms with Gasteiger partial charge in [0.15, 0.2) is 0 Å². The minimum Gasteiger partial charge on any atom is -0.323 e. The molecule has 1 N–H and O–H groups in total. The summed E-state index contributed by atoms with van der Waals surface area (Å²) in [6, 6.07) is -0.186. The fourth-order valence-electron chi connectivity index (χ4n) is 3.92. The Morgan fingerprint density at radius 3 is 2.60 bits per heavy atom. The van der Waals surface area contributed by atoms with Crippen molar-refractivity contribution in [1.82, 2.24) is 15.1 Å². The van der Waals surface area contributed by atoms with E-state index in [9.17, 15) is 9.59 Å². The first-order valence-corrected chi connectivity index (χ1v) is 8.00. The summed E-state index contributed by atoms with van der Waals surface area (Å²) in [5, 5.41) is 3.02. The van der Waals surface area contributed by atoms with E-state index in [1.807, 2.05) is 0 Å². The molecule has 0 bridgehead atoms. The van der Waals surface area contributed by atoms with Crippen LogP contribution in [-0.4, -0.2) is 47.0 Å². The van der Waals surface area contributed by atoms with Gasteiger partial charge in [-0.3, -0.25) is 9.69 Å². The third-order valence-corrected chi connectivity index (χ3v) is 5.29. The molecule has 3 aliphatic rings.